The highest BCUT2D eigenvalue weighted by atomic mass is 32.2. The van der Waals surface area contributed by atoms with Crippen LogP contribution < -0.4 is 0 Å². The third kappa shape index (κ3) is 2.07. The van der Waals surface area contributed by atoms with E-state index in [4.69, 9.17) is 4.74 Å². The van der Waals surface area contributed by atoms with Gasteiger partial charge in [0.2, 0.25) is 0 Å². The number of carbonyl (C=O) groups excluding carboxylic acids is 1. The summed E-state index contributed by atoms with van der Waals surface area (Å²) in [5, 5.41) is -0.208. The average molecular weight is 226 g/mol. The lowest BCUT2D eigenvalue weighted by atomic mass is 10.1. The van der Waals surface area contributed by atoms with Crippen molar-refractivity contribution in [3.63, 3.8) is 0 Å². The van der Waals surface area contributed by atoms with Crippen molar-refractivity contribution in [2.75, 3.05) is 5.75 Å². The molecule has 0 N–H and O–H groups in total. The van der Waals surface area contributed by atoms with E-state index in [9.17, 15) is 4.79 Å². The van der Waals surface area contributed by atoms with E-state index in [1.54, 1.807) is 0 Å². The van der Waals surface area contributed by atoms with Crippen molar-refractivity contribution in [3.8, 4) is 0 Å². The van der Waals surface area contributed by atoms with Crippen molar-refractivity contribution < 1.29 is 9.53 Å². The second kappa shape index (κ2) is 4.28. The fraction of sp³-hybridized carbons (Fsp3) is 0.300. The first-order valence-electron chi connectivity index (χ1n) is 4.34. The lowest BCUT2D eigenvalue weighted by Crippen LogP contribution is -2.16. The minimum absolute atomic E-state index is 0.0184. The van der Waals surface area contributed by atoms with Crippen LogP contribution in [0.5, 0.6) is 0 Å². The van der Waals surface area contributed by atoms with E-state index in [-0.39, 0.29) is 16.7 Å². The molecule has 0 bridgehead atoms. The largest absolute Gasteiger partial charge is 0.452 e. The zero-order valence-corrected chi connectivity index (χ0v) is 9.13. The van der Waals surface area contributed by atoms with Gasteiger partial charge in [0.1, 0.15) is 6.10 Å². The Balaban J connectivity index is 2.09. The van der Waals surface area contributed by atoms with Crippen LogP contribution in [0.4, 0.5) is 4.79 Å². The van der Waals surface area contributed by atoms with Gasteiger partial charge in [0, 0.05) is 5.75 Å². The number of benzene rings is 1. The maximum absolute atomic E-state index is 10.9. The van der Waals surface area contributed by atoms with E-state index >= 15 is 0 Å². The number of thiol groups is 1. The number of rotatable bonds is 2. The number of ether oxygens (including phenoxy) is 1. The fourth-order valence-electron chi connectivity index (χ4n) is 1.36. The maximum atomic E-state index is 10.9. The summed E-state index contributed by atoms with van der Waals surface area (Å²) in [6, 6.07) is 9.87. The summed E-state index contributed by atoms with van der Waals surface area (Å²) in [7, 11) is 0. The lowest BCUT2D eigenvalue weighted by Gasteiger charge is -2.16. The van der Waals surface area contributed by atoms with Gasteiger partial charge < -0.3 is 4.74 Å². The molecule has 0 amide bonds. The third-order valence-corrected chi connectivity index (χ3v) is 3.56. The normalized spacial score (nSPS) is 23.2. The molecule has 0 aromatic heterocycles. The quantitative estimate of drug-likeness (QED) is 0.620. The first-order valence-corrected chi connectivity index (χ1v) is 5.84. The van der Waals surface area contributed by atoms with Crippen molar-refractivity contribution >= 4 is 29.7 Å². The monoisotopic (exact) mass is 226 g/mol. The van der Waals surface area contributed by atoms with Crippen LogP contribution in [0.3, 0.4) is 0 Å². The first kappa shape index (κ1) is 9.93. The Morgan fingerprint density at radius 2 is 2.14 bits per heavy atom. The summed E-state index contributed by atoms with van der Waals surface area (Å²) in [5.74, 6) is 0.696. The molecule has 0 aliphatic carbocycles. The molecule has 1 fully saturated rings. The summed E-state index contributed by atoms with van der Waals surface area (Å²) >= 11 is 5.68. The third-order valence-electron chi connectivity index (χ3n) is 2.11. The van der Waals surface area contributed by atoms with E-state index in [1.165, 1.54) is 11.8 Å². The fourth-order valence-corrected chi connectivity index (χ4v) is 2.60. The molecule has 1 aromatic rings. The molecule has 0 saturated carbocycles. The molecule has 1 heterocycles. The standard InChI is InChI=1S/C10H10O2S2/c11-10-12-8(6-14-10)9(13)7-4-2-1-3-5-7/h1-5,8-9,13H,6H2. The van der Waals surface area contributed by atoms with Gasteiger partial charge in [0.25, 0.3) is 0 Å². The highest BCUT2D eigenvalue weighted by molar-refractivity contribution is 8.13. The Kier molecular flexibility index (Phi) is 3.03. The van der Waals surface area contributed by atoms with Gasteiger partial charge in [-0.2, -0.15) is 12.6 Å². The van der Waals surface area contributed by atoms with Crippen LogP contribution >= 0.6 is 24.4 Å². The summed E-state index contributed by atoms with van der Waals surface area (Å²) in [6.07, 6.45) is -0.0989. The highest BCUT2D eigenvalue weighted by Gasteiger charge is 2.30. The molecule has 1 aliphatic rings. The molecule has 1 aromatic carbocycles. The van der Waals surface area contributed by atoms with E-state index in [0.717, 1.165) is 5.56 Å². The number of carbonyl (C=O) groups is 1. The SMILES string of the molecule is O=C1OC(C(S)c2ccccc2)CS1. The molecule has 14 heavy (non-hydrogen) atoms. The van der Waals surface area contributed by atoms with Crippen LogP contribution in [0, 0.1) is 0 Å². The predicted octanol–water partition coefficient (Wildman–Crippen LogP) is 2.91. The van der Waals surface area contributed by atoms with E-state index < -0.39 is 0 Å². The molecular formula is C10H10O2S2. The van der Waals surface area contributed by atoms with Crippen LogP contribution in [0.1, 0.15) is 10.8 Å². The van der Waals surface area contributed by atoms with Crippen LogP contribution in [-0.2, 0) is 4.74 Å². The van der Waals surface area contributed by atoms with Crippen molar-refractivity contribution in [1.82, 2.24) is 0 Å². The maximum Gasteiger partial charge on any atom is 0.367 e. The van der Waals surface area contributed by atoms with Crippen molar-refractivity contribution in [1.29, 1.82) is 0 Å². The smallest absolute Gasteiger partial charge is 0.367 e. The lowest BCUT2D eigenvalue weighted by molar-refractivity contribution is 0.143. The molecule has 2 rings (SSSR count). The zero-order valence-electron chi connectivity index (χ0n) is 7.42. The van der Waals surface area contributed by atoms with Crippen molar-refractivity contribution in [3.05, 3.63) is 35.9 Å². The summed E-state index contributed by atoms with van der Waals surface area (Å²) in [4.78, 5) is 10.9. The molecule has 2 nitrogen and oxygen atoms in total. The molecule has 0 spiro atoms. The number of hydrogen-bond donors (Lipinski definition) is 1. The molecule has 2 atom stereocenters. The van der Waals surface area contributed by atoms with Crippen LogP contribution in [0.15, 0.2) is 30.3 Å². The van der Waals surface area contributed by atoms with Gasteiger partial charge in [0.05, 0.1) is 5.25 Å². The van der Waals surface area contributed by atoms with Crippen LogP contribution in [0.2, 0.25) is 0 Å². The van der Waals surface area contributed by atoms with Crippen molar-refractivity contribution in [2.45, 2.75) is 11.4 Å². The first-order chi connectivity index (χ1) is 6.77. The van der Waals surface area contributed by atoms with Gasteiger partial charge in [-0.1, -0.05) is 30.3 Å². The second-order valence-corrected chi connectivity index (χ2v) is 4.58. The zero-order chi connectivity index (χ0) is 9.97. The van der Waals surface area contributed by atoms with Gasteiger partial charge in [-0.15, -0.1) is 0 Å². The molecule has 2 unspecified atom stereocenters. The second-order valence-electron chi connectivity index (χ2n) is 3.07. The van der Waals surface area contributed by atoms with E-state index in [1.807, 2.05) is 30.3 Å². The Bertz CT molecular complexity index is 326. The molecule has 74 valence electrons. The topological polar surface area (TPSA) is 26.3 Å². The van der Waals surface area contributed by atoms with Gasteiger partial charge >= 0.3 is 5.30 Å². The van der Waals surface area contributed by atoms with E-state index in [2.05, 4.69) is 12.6 Å². The van der Waals surface area contributed by atoms with Gasteiger partial charge in [-0.25, -0.2) is 4.79 Å². The van der Waals surface area contributed by atoms with Crippen LogP contribution in [-0.4, -0.2) is 17.2 Å². The van der Waals surface area contributed by atoms with Gasteiger partial charge in [0.15, 0.2) is 0 Å². The van der Waals surface area contributed by atoms with Gasteiger partial charge in [-0.05, 0) is 17.3 Å². The summed E-state index contributed by atoms with van der Waals surface area (Å²) < 4.78 is 5.13. The van der Waals surface area contributed by atoms with Gasteiger partial charge in [-0.3, -0.25) is 0 Å². The Morgan fingerprint density at radius 3 is 2.71 bits per heavy atom. The minimum Gasteiger partial charge on any atom is -0.452 e. The van der Waals surface area contributed by atoms with E-state index in [0.29, 0.717) is 5.75 Å². The molecule has 0 radical (unpaired) electrons. The highest BCUT2D eigenvalue weighted by Crippen LogP contribution is 2.33. The Morgan fingerprint density at radius 1 is 1.43 bits per heavy atom. The van der Waals surface area contributed by atoms with Crippen LogP contribution in [0.25, 0.3) is 0 Å². The Labute approximate surface area is 92.4 Å². The Hall–Kier alpha value is -0.610. The number of hydrogen-bond acceptors (Lipinski definition) is 4. The molecule has 1 saturated heterocycles. The molecule has 4 heteroatoms. The summed E-state index contributed by atoms with van der Waals surface area (Å²) in [6.45, 7) is 0. The van der Waals surface area contributed by atoms with Crippen molar-refractivity contribution in [2.24, 2.45) is 0 Å². The minimum atomic E-state index is -0.190. The summed E-state index contributed by atoms with van der Waals surface area (Å²) in [5.41, 5.74) is 1.09. The molecular weight excluding hydrogens is 216 g/mol. The predicted molar refractivity (Wildman–Crippen MR) is 60.9 cm³/mol. The average Bonchev–Trinajstić information content (AvgIpc) is 2.65. The number of cyclic esters (lactones) is 1. The number of thioether (sulfide) groups is 1. The molecule has 1 aliphatic heterocycles.